The molecule has 25 heavy (non-hydrogen) atoms. The van der Waals surface area contributed by atoms with Crippen LogP contribution in [0.5, 0.6) is 5.75 Å². The number of thiocarbonyl (C=S) groups is 1. The molecule has 0 atom stereocenters. The van der Waals surface area contributed by atoms with Crippen molar-refractivity contribution in [2.45, 2.75) is 6.54 Å². The maximum atomic E-state index is 5.61. The van der Waals surface area contributed by atoms with Gasteiger partial charge in [0.25, 0.3) is 0 Å². The molecule has 0 unspecified atom stereocenters. The molecule has 1 saturated heterocycles. The minimum Gasteiger partial charge on any atom is -0.496 e. The fourth-order valence-corrected chi connectivity index (χ4v) is 3.01. The van der Waals surface area contributed by atoms with Crippen molar-refractivity contribution in [3.8, 4) is 5.75 Å². The monoisotopic (exact) mass is 367 g/mol. The Hall–Kier alpha value is -1.41. The fourth-order valence-electron chi connectivity index (χ4n) is 2.75. The smallest absolute Gasteiger partial charge is 0.169 e. The summed E-state index contributed by atoms with van der Waals surface area (Å²) < 4.78 is 16.0. The van der Waals surface area contributed by atoms with E-state index in [1.54, 1.807) is 14.2 Å². The van der Waals surface area contributed by atoms with Crippen LogP contribution in [-0.2, 0) is 16.0 Å². The van der Waals surface area contributed by atoms with Crippen LogP contribution < -0.4 is 10.1 Å². The van der Waals surface area contributed by atoms with Crippen LogP contribution in [0.1, 0.15) is 5.56 Å². The highest BCUT2D eigenvalue weighted by Gasteiger charge is 2.16. The third kappa shape index (κ3) is 6.78. The molecule has 1 aliphatic rings. The van der Waals surface area contributed by atoms with Gasteiger partial charge in [0.15, 0.2) is 5.11 Å². The molecule has 7 heteroatoms. The van der Waals surface area contributed by atoms with E-state index in [0.29, 0.717) is 19.7 Å². The summed E-state index contributed by atoms with van der Waals surface area (Å²) in [4.78, 5) is 4.61. The summed E-state index contributed by atoms with van der Waals surface area (Å²) in [6.07, 6.45) is 0. The van der Waals surface area contributed by atoms with Crippen molar-refractivity contribution in [3.63, 3.8) is 0 Å². The Labute approximate surface area is 156 Å². The number of hydrogen-bond donors (Lipinski definition) is 1. The van der Waals surface area contributed by atoms with Gasteiger partial charge in [-0.05, 0) is 18.3 Å². The molecule has 1 aliphatic heterocycles. The highest BCUT2D eigenvalue weighted by atomic mass is 32.1. The molecule has 140 valence electrons. The lowest BCUT2D eigenvalue weighted by atomic mass is 10.2. The Kier molecular flexibility index (Phi) is 8.96. The SMILES string of the molecule is COCCNC(=S)N(CCN1CCOCC1)Cc1ccccc1OC. The average molecular weight is 368 g/mol. The van der Waals surface area contributed by atoms with E-state index in [1.807, 2.05) is 18.2 Å². The zero-order chi connectivity index (χ0) is 17.9. The highest BCUT2D eigenvalue weighted by molar-refractivity contribution is 7.80. The second-order valence-corrected chi connectivity index (χ2v) is 6.30. The lowest BCUT2D eigenvalue weighted by Gasteiger charge is -2.31. The lowest BCUT2D eigenvalue weighted by molar-refractivity contribution is 0.0357. The Morgan fingerprint density at radius 1 is 1.28 bits per heavy atom. The van der Waals surface area contributed by atoms with Crippen LogP contribution in [-0.4, -0.2) is 81.7 Å². The van der Waals surface area contributed by atoms with Gasteiger partial charge in [-0.1, -0.05) is 18.2 Å². The van der Waals surface area contributed by atoms with Crippen LogP contribution in [0.2, 0.25) is 0 Å². The van der Waals surface area contributed by atoms with Crippen molar-refractivity contribution in [1.82, 2.24) is 15.1 Å². The number of methoxy groups -OCH3 is 2. The van der Waals surface area contributed by atoms with Crippen molar-refractivity contribution in [1.29, 1.82) is 0 Å². The van der Waals surface area contributed by atoms with Gasteiger partial charge in [0.1, 0.15) is 5.75 Å². The predicted octanol–water partition coefficient (Wildman–Crippen LogP) is 1.35. The summed E-state index contributed by atoms with van der Waals surface area (Å²) in [5.74, 6) is 0.888. The molecule has 1 aromatic rings. The van der Waals surface area contributed by atoms with E-state index in [-0.39, 0.29) is 0 Å². The molecule has 1 N–H and O–H groups in total. The first-order valence-electron chi connectivity index (χ1n) is 8.68. The van der Waals surface area contributed by atoms with Gasteiger partial charge in [0.05, 0.1) is 26.9 Å². The zero-order valence-corrected chi connectivity index (χ0v) is 16.0. The molecule has 6 nitrogen and oxygen atoms in total. The first-order valence-corrected chi connectivity index (χ1v) is 9.09. The standard InChI is InChI=1S/C18H29N3O3S/c1-22-12-7-19-18(25)21(9-8-20-10-13-24-14-11-20)15-16-5-3-4-6-17(16)23-2/h3-6H,7-15H2,1-2H3,(H,19,25). The van der Waals surface area contributed by atoms with Crippen molar-refractivity contribution < 1.29 is 14.2 Å². The Balaban J connectivity index is 1.98. The Bertz CT molecular complexity index is 524. The molecule has 1 heterocycles. The molecule has 0 radical (unpaired) electrons. The van der Waals surface area contributed by atoms with Crippen LogP contribution in [0.25, 0.3) is 0 Å². The molecule has 0 spiro atoms. The highest BCUT2D eigenvalue weighted by Crippen LogP contribution is 2.19. The van der Waals surface area contributed by atoms with Gasteiger partial charge in [-0.25, -0.2) is 0 Å². The van der Waals surface area contributed by atoms with Crippen LogP contribution in [0.3, 0.4) is 0 Å². The number of morpholine rings is 1. The summed E-state index contributed by atoms with van der Waals surface area (Å²) in [6.45, 7) is 7.45. The van der Waals surface area contributed by atoms with Gasteiger partial charge in [0.2, 0.25) is 0 Å². The Morgan fingerprint density at radius 2 is 2.04 bits per heavy atom. The minimum absolute atomic E-state index is 0.631. The number of hydrogen-bond acceptors (Lipinski definition) is 5. The summed E-state index contributed by atoms with van der Waals surface area (Å²) in [6, 6.07) is 8.07. The zero-order valence-electron chi connectivity index (χ0n) is 15.2. The van der Waals surface area contributed by atoms with E-state index in [9.17, 15) is 0 Å². The van der Waals surface area contributed by atoms with E-state index >= 15 is 0 Å². The first kappa shape index (κ1) is 19.9. The molecular formula is C18H29N3O3S. The van der Waals surface area contributed by atoms with Crippen LogP contribution >= 0.6 is 12.2 Å². The molecule has 0 saturated carbocycles. The maximum absolute atomic E-state index is 5.61. The molecule has 1 fully saturated rings. The predicted molar refractivity (Wildman–Crippen MR) is 103 cm³/mol. The third-order valence-corrected chi connectivity index (χ3v) is 4.62. The molecule has 2 rings (SSSR count). The van der Waals surface area contributed by atoms with Crippen LogP contribution in [0, 0.1) is 0 Å². The van der Waals surface area contributed by atoms with Gasteiger partial charge in [-0.3, -0.25) is 4.90 Å². The van der Waals surface area contributed by atoms with E-state index < -0.39 is 0 Å². The minimum atomic E-state index is 0.631. The second-order valence-electron chi connectivity index (χ2n) is 5.91. The van der Waals surface area contributed by atoms with Gasteiger partial charge in [-0.2, -0.15) is 0 Å². The van der Waals surface area contributed by atoms with Crippen molar-refractivity contribution >= 4 is 17.3 Å². The maximum Gasteiger partial charge on any atom is 0.169 e. The normalized spacial score (nSPS) is 15.0. The number of nitrogens with one attached hydrogen (secondary N) is 1. The van der Waals surface area contributed by atoms with E-state index in [1.165, 1.54) is 0 Å². The second kappa shape index (κ2) is 11.3. The fraction of sp³-hybridized carbons (Fsp3) is 0.611. The molecule has 0 aliphatic carbocycles. The van der Waals surface area contributed by atoms with Gasteiger partial charge in [-0.15, -0.1) is 0 Å². The van der Waals surface area contributed by atoms with Gasteiger partial charge >= 0.3 is 0 Å². The van der Waals surface area contributed by atoms with E-state index in [0.717, 1.165) is 55.8 Å². The molecule has 0 bridgehead atoms. The largest absolute Gasteiger partial charge is 0.496 e. The number of nitrogens with zero attached hydrogens (tertiary/aromatic N) is 2. The third-order valence-electron chi connectivity index (χ3n) is 4.21. The van der Waals surface area contributed by atoms with Gasteiger partial charge in [0, 0.05) is 51.9 Å². The average Bonchev–Trinajstić information content (AvgIpc) is 2.66. The molecular weight excluding hydrogens is 338 g/mol. The molecule has 1 aromatic carbocycles. The quantitative estimate of drug-likeness (QED) is 0.522. The summed E-state index contributed by atoms with van der Waals surface area (Å²) in [5, 5.41) is 4.02. The summed E-state index contributed by atoms with van der Waals surface area (Å²) >= 11 is 5.61. The van der Waals surface area contributed by atoms with Crippen molar-refractivity contribution in [3.05, 3.63) is 29.8 Å². The number of rotatable bonds is 9. The van der Waals surface area contributed by atoms with E-state index in [2.05, 4.69) is 21.2 Å². The van der Waals surface area contributed by atoms with Gasteiger partial charge < -0.3 is 24.4 Å². The van der Waals surface area contributed by atoms with Crippen LogP contribution in [0.15, 0.2) is 24.3 Å². The molecule has 0 aromatic heterocycles. The number of benzene rings is 1. The number of para-hydroxylation sites is 1. The number of ether oxygens (including phenoxy) is 3. The lowest BCUT2D eigenvalue weighted by Crippen LogP contribution is -2.46. The molecule has 0 amide bonds. The van der Waals surface area contributed by atoms with Crippen molar-refractivity contribution in [2.24, 2.45) is 0 Å². The summed E-state index contributed by atoms with van der Waals surface area (Å²) in [5.41, 5.74) is 1.13. The van der Waals surface area contributed by atoms with E-state index in [4.69, 9.17) is 26.4 Å². The van der Waals surface area contributed by atoms with Crippen LogP contribution in [0.4, 0.5) is 0 Å². The Morgan fingerprint density at radius 3 is 2.76 bits per heavy atom. The first-order chi connectivity index (χ1) is 12.2. The summed E-state index contributed by atoms with van der Waals surface area (Å²) in [7, 11) is 3.39. The van der Waals surface area contributed by atoms with Crippen molar-refractivity contribution in [2.75, 3.05) is 66.8 Å². The topological polar surface area (TPSA) is 46.2 Å².